The van der Waals surface area contributed by atoms with Gasteiger partial charge >= 0.3 is 11.5 Å². The molecule has 194 valence electrons. The second kappa shape index (κ2) is 9.71. The molecule has 3 N–H and O–H groups in total. The van der Waals surface area contributed by atoms with Crippen molar-refractivity contribution in [1.82, 2.24) is 25.7 Å². The summed E-state index contributed by atoms with van der Waals surface area (Å²) in [4.78, 5) is 18.0. The van der Waals surface area contributed by atoms with Gasteiger partial charge in [0.25, 0.3) is 5.89 Å². The number of halogens is 4. The number of hydrogen-bond acceptors (Lipinski definition) is 8. The van der Waals surface area contributed by atoms with Crippen molar-refractivity contribution in [3.05, 3.63) is 24.1 Å². The summed E-state index contributed by atoms with van der Waals surface area (Å²) >= 11 is 0.847. The molecular formula is C22H24F4N6O2S2. The molecule has 2 aliphatic heterocycles. The number of carbonyl (C=O) groups is 1. The maximum absolute atomic E-state index is 14.8. The number of piperidine rings is 1. The van der Waals surface area contributed by atoms with Crippen LogP contribution < -0.4 is 16.0 Å². The van der Waals surface area contributed by atoms with E-state index in [-0.39, 0.29) is 45.8 Å². The average molecular weight is 545 g/mol. The van der Waals surface area contributed by atoms with Crippen LogP contribution >= 0.6 is 23.1 Å². The fourth-order valence-electron chi connectivity index (χ4n) is 4.40. The number of nitrogens with one attached hydrogen (secondary N) is 3. The van der Waals surface area contributed by atoms with Crippen molar-refractivity contribution in [3.8, 4) is 10.7 Å². The maximum Gasteiger partial charge on any atom is 0.446 e. The Bertz CT molecular complexity index is 1260. The van der Waals surface area contributed by atoms with Gasteiger partial charge in [0.1, 0.15) is 12.2 Å². The van der Waals surface area contributed by atoms with Gasteiger partial charge in [0.15, 0.2) is 0 Å². The maximum atomic E-state index is 14.8. The summed E-state index contributed by atoms with van der Waals surface area (Å²) in [5.41, 5.74) is -3.99. The summed E-state index contributed by atoms with van der Waals surface area (Å²) < 4.78 is 61.3. The van der Waals surface area contributed by atoms with Crippen molar-refractivity contribution < 1.29 is 26.9 Å². The molecule has 0 unspecified atom stereocenters. The SMILES string of the molecule is CC(C)N1CC[C@H](F)[C@H](Nc2cccc3c(SC(F)(F)F)c(-c4noc([C@H]5CNC(=O)N5)n4)sc23)C1. The number of urea groups is 1. The molecule has 0 spiro atoms. The topological polar surface area (TPSA) is 95.3 Å². The molecular weight excluding hydrogens is 520 g/mol. The van der Waals surface area contributed by atoms with Gasteiger partial charge in [0.05, 0.1) is 21.3 Å². The van der Waals surface area contributed by atoms with Crippen LogP contribution in [0.15, 0.2) is 27.6 Å². The summed E-state index contributed by atoms with van der Waals surface area (Å²) in [6.07, 6.45) is -0.691. The van der Waals surface area contributed by atoms with Gasteiger partial charge in [-0.25, -0.2) is 9.18 Å². The molecule has 3 aromatic rings. The predicted octanol–water partition coefficient (Wildman–Crippen LogP) is 5.15. The molecule has 14 heteroatoms. The van der Waals surface area contributed by atoms with E-state index in [1.54, 1.807) is 18.2 Å². The molecule has 3 atom stereocenters. The van der Waals surface area contributed by atoms with Crippen LogP contribution in [0.1, 0.15) is 32.2 Å². The zero-order valence-corrected chi connectivity index (χ0v) is 21.0. The second-order valence-electron chi connectivity index (χ2n) is 9.00. The molecule has 8 nitrogen and oxygen atoms in total. The fraction of sp³-hybridized carbons (Fsp3) is 0.500. The number of rotatable bonds is 6. The third-order valence-corrected chi connectivity index (χ3v) is 8.46. The number of thiophene rings is 1. The number of alkyl halides is 4. The molecule has 5 rings (SSSR count). The molecule has 2 aliphatic rings. The monoisotopic (exact) mass is 544 g/mol. The van der Waals surface area contributed by atoms with Gasteiger partial charge in [-0.15, -0.1) is 11.3 Å². The molecule has 4 heterocycles. The number of anilines is 1. The van der Waals surface area contributed by atoms with Gasteiger partial charge < -0.3 is 20.5 Å². The van der Waals surface area contributed by atoms with E-state index in [1.807, 2.05) is 0 Å². The minimum Gasteiger partial charge on any atom is -0.377 e. The number of nitrogens with zero attached hydrogens (tertiary/aromatic N) is 3. The third-order valence-electron chi connectivity index (χ3n) is 6.23. The molecule has 0 bridgehead atoms. The van der Waals surface area contributed by atoms with E-state index in [0.717, 1.165) is 11.3 Å². The smallest absolute Gasteiger partial charge is 0.377 e. The standard InChI is InChI=1S/C22H24F4N6O2S2/c1-10(2)32-7-6-12(23)15(9-32)28-13-5-3-4-11-16(13)35-18(17(11)36-22(24,25)26)19-30-20(34-31-19)14-8-27-21(33)29-14/h3-5,10,12,14-15,28H,6-9H2,1-2H3,(H2,27,29,33)/t12-,14+,15+/m0/s1. The van der Waals surface area contributed by atoms with Crippen molar-refractivity contribution in [2.24, 2.45) is 0 Å². The van der Waals surface area contributed by atoms with Crippen molar-refractivity contribution in [2.75, 3.05) is 25.0 Å². The Morgan fingerprint density at radius 2 is 2.14 bits per heavy atom. The van der Waals surface area contributed by atoms with E-state index in [9.17, 15) is 22.4 Å². The third kappa shape index (κ3) is 5.11. The highest BCUT2D eigenvalue weighted by molar-refractivity contribution is 8.00. The Balaban J connectivity index is 1.52. The van der Waals surface area contributed by atoms with E-state index in [2.05, 4.69) is 44.8 Å². The first-order valence-electron chi connectivity index (χ1n) is 11.4. The number of fused-ring (bicyclic) bond motifs is 1. The second-order valence-corrected chi connectivity index (χ2v) is 11.1. The van der Waals surface area contributed by atoms with E-state index in [4.69, 9.17) is 4.52 Å². The molecule has 0 aliphatic carbocycles. The number of aromatic nitrogens is 2. The van der Waals surface area contributed by atoms with E-state index < -0.39 is 29.8 Å². The zero-order chi connectivity index (χ0) is 25.6. The number of thioether (sulfide) groups is 1. The predicted molar refractivity (Wildman–Crippen MR) is 130 cm³/mol. The lowest BCUT2D eigenvalue weighted by molar-refractivity contribution is -0.0327. The summed E-state index contributed by atoms with van der Waals surface area (Å²) in [5.74, 6) is 0.0930. The zero-order valence-electron chi connectivity index (χ0n) is 19.4. The van der Waals surface area contributed by atoms with Crippen molar-refractivity contribution in [2.45, 2.75) is 55.0 Å². The van der Waals surface area contributed by atoms with Crippen LogP contribution in [0.25, 0.3) is 20.8 Å². The van der Waals surface area contributed by atoms with Crippen LogP contribution in [0.3, 0.4) is 0 Å². The minimum atomic E-state index is -4.55. The first kappa shape index (κ1) is 25.1. The van der Waals surface area contributed by atoms with Gasteiger partial charge in [-0.3, -0.25) is 4.90 Å². The minimum absolute atomic E-state index is 0.00272. The molecule has 0 radical (unpaired) electrons. The van der Waals surface area contributed by atoms with E-state index >= 15 is 0 Å². The number of amides is 2. The number of carbonyl (C=O) groups excluding carboxylic acids is 1. The van der Waals surface area contributed by atoms with Crippen LogP contribution in [0, 0.1) is 0 Å². The van der Waals surface area contributed by atoms with Gasteiger partial charge in [0.2, 0.25) is 5.82 Å². The van der Waals surface area contributed by atoms with Gasteiger partial charge in [0, 0.05) is 36.0 Å². The number of hydrogen-bond donors (Lipinski definition) is 3. The molecule has 2 saturated heterocycles. The van der Waals surface area contributed by atoms with Crippen LogP contribution in [0.2, 0.25) is 0 Å². The normalized spacial score (nSPS) is 23.3. The van der Waals surface area contributed by atoms with Crippen LogP contribution in [0.4, 0.5) is 28.0 Å². The molecule has 0 saturated carbocycles. The fourth-order valence-corrected chi connectivity index (χ4v) is 6.51. The molecule has 2 fully saturated rings. The van der Waals surface area contributed by atoms with E-state index in [0.29, 0.717) is 35.3 Å². The summed E-state index contributed by atoms with van der Waals surface area (Å²) in [7, 11) is 0. The number of likely N-dealkylation sites (tertiary alicyclic amines) is 1. The molecule has 2 aromatic heterocycles. The molecule has 36 heavy (non-hydrogen) atoms. The van der Waals surface area contributed by atoms with Gasteiger partial charge in [-0.2, -0.15) is 18.2 Å². The number of benzene rings is 1. The Hall–Kier alpha value is -2.58. The van der Waals surface area contributed by atoms with Crippen LogP contribution in [-0.4, -0.2) is 64.5 Å². The Morgan fingerprint density at radius 3 is 2.83 bits per heavy atom. The Morgan fingerprint density at radius 1 is 1.33 bits per heavy atom. The van der Waals surface area contributed by atoms with Crippen molar-refractivity contribution in [1.29, 1.82) is 0 Å². The molecule has 2 amide bonds. The summed E-state index contributed by atoms with van der Waals surface area (Å²) in [6, 6.07) is 3.80. The van der Waals surface area contributed by atoms with E-state index in [1.165, 1.54) is 0 Å². The first-order valence-corrected chi connectivity index (χ1v) is 13.1. The van der Waals surface area contributed by atoms with Crippen molar-refractivity contribution >= 4 is 44.9 Å². The largest absolute Gasteiger partial charge is 0.446 e. The lowest BCUT2D eigenvalue weighted by Gasteiger charge is -2.38. The first-order chi connectivity index (χ1) is 17.1. The average Bonchev–Trinajstić information content (AvgIpc) is 3.53. The highest BCUT2D eigenvalue weighted by Gasteiger charge is 2.36. The quantitative estimate of drug-likeness (QED) is 0.292. The lowest BCUT2D eigenvalue weighted by atomic mass is 10.0. The van der Waals surface area contributed by atoms with Gasteiger partial charge in [-0.05, 0) is 38.1 Å². The summed E-state index contributed by atoms with van der Waals surface area (Å²) in [5, 5.41) is 12.7. The van der Waals surface area contributed by atoms with Crippen LogP contribution in [-0.2, 0) is 0 Å². The van der Waals surface area contributed by atoms with Crippen molar-refractivity contribution in [3.63, 3.8) is 0 Å². The Kier molecular flexibility index (Phi) is 6.76. The highest BCUT2D eigenvalue weighted by Crippen LogP contribution is 2.50. The summed E-state index contributed by atoms with van der Waals surface area (Å²) in [6.45, 7) is 5.48. The van der Waals surface area contributed by atoms with Gasteiger partial charge in [-0.1, -0.05) is 17.3 Å². The lowest BCUT2D eigenvalue weighted by Crippen LogP contribution is -2.50. The highest BCUT2D eigenvalue weighted by atomic mass is 32.2. The van der Waals surface area contributed by atoms with Crippen LogP contribution in [0.5, 0.6) is 0 Å². The Labute approximate surface area is 212 Å². The molecule has 1 aromatic carbocycles.